The number of aryl methyl sites for hydroxylation is 1. The summed E-state index contributed by atoms with van der Waals surface area (Å²) in [6.45, 7) is 1.05. The van der Waals surface area contributed by atoms with Gasteiger partial charge in [0.25, 0.3) is 0 Å². The Balaban J connectivity index is 1.29. The molecular weight excluding hydrogens is 379 g/mol. The third kappa shape index (κ3) is 3.95. The van der Waals surface area contributed by atoms with Gasteiger partial charge in [0.15, 0.2) is 5.69 Å². The Bertz CT molecular complexity index is 810. The molecule has 10 heteroatoms. The van der Waals surface area contributed by atoms with Crippen LogP contribution in [0, 0.1) is 0 Å². The van der Waals surface area contributed by atoms with Crippen LogP contribution in [-0.2, 0) is 19.0 Å². The maximum atomic E-state index is 12.7. The van der Waals surface area contributed by atoms with Crippen molar-refractivity contribution in [3.8, 4) is 0 Å². The van der Waals surface area contributed by atoms with Crippen LogP contribution in [0.1, 0.15) is 47.1 Å². The predicted molar refractivity (Wildman–Crippen MR) is 93.6 cm³/mol. The van der Waals surface area contributed by atoms with Gasteiger partial charge in [0.05, 0.1) is 11.2 Å². The van der Waals surface area contributed by atoms with Crippen molar-refractivity contribution in [1.29, 1.82) is 0 Å². The smallest absolute Gasteiger partial charge is 0.335 e. The zero-order valence-corrected chi connectivity index (χ0v) is 15.4. The van der Waals surface area contributed by atoms with Crippen LogP contribution >= 0.6 is 11.3 Å². The summed E-state index contributed by atoms with van der Waals surface area (Å²) >= 11 is 1.06. The highest BCUT2D eigenvalue weighted by Crippen LogP contribution is 2.35. The molecule has 1 saturated heterocycles. The largest absolute Gasteiger partial charge is 0.434 e. The van der Waals surface area contributed by atoms with Gasteiger partial charge in [-0.3, -0.25) is 5.10 Å². The number of likely N-dealkylation sites (tertiary alicyclic amines) is 1. The molecular formula is C17H20F3N5OS. The van der Waals surface area contributed by atoms with Crippen LogP contribution in [0.25, 0.3) is 0 Å². The summed E-state index contributed by atoms with van der Waals surface area (Å²) in [5.41, 5.74) is 1.47. The van der Waals surface area contributed by atoms with Gasteiger partial charge in [-0.2, -0.15) is 18.3 Å². The highest BCUT2D eigenvalue weighted by atomic mass is 32.1. The van der Waals surface area contributed by atoms with E-state index in [-0.39, 0.29) is 18.0 Å². The first-order valence-electron chi connectivity index (χ1n) is 8.99. The summed E-state index contributed by atoms with van der Waals surface area (Å²) in [6, 6.07) is -0.0204. The molecule has 4 rings (SSSR count). The number of aromatic nitrogens is 3. The average molecular weight is 399 g/mol. The van der Waals surface area contributed by atoms with Crippen molar-refractivity contribution in [2.75, 3.05) is 13.1 Å². The zero-order valence-electron chi connectivity index (χ0n) is 14.6. The summed E-state index contributed by atoms with van der Waals surface area (Å²) in [6.07, 6.45) is 1.22. The van der Waals surface area contributed by atoms with Crippen molar-refractivity contribution in [3.63, 3.8) is 0 Å². The lowest BCUT2D eigenvalue weighted by molar-refractivity contribution is -0.140. The number of nitrogens with one attached hydrogen (secondary N) is 2. The molecule has 0 bridgehead atoms. The number of rotatable bonds is 2. The molecule has 2 N–H and O–H groups in total. The fourth-order valence-corrected chi connectivity index (χ4v) is 4.73. The summed E-state index contributed by atoms with van der Waals surface area (Å²) in [7, 11) is 0. The lowest BCUT2D eigenvalue weighted by atomic mass is 9.94. The number of urea groups is 1. The molecule has 0 radical (unpaired) electrons. The van der Waals surface area contributed by atoms with E-state index in [0.29, 0.717) is 30.9 Å². The third-order valence-corrected chi connectivity index (χ3v) is 6.30. The van der Waals surface area contributed by atoms with Gasteiger partial charge in [0, 0.05) is 42.5 Å². The predicted octanol–water partition coefficient (Wildman–Crippen LogP) is 3.33. The molecule has 1 atom stereocenters. The van der Waals surface area contributed by atoms with E-state index in [1.807, 2.05) is 6.20 Å². The maximum absolute atomic E-state index is 12.7. The van der Waals surface area contributed by atoms with Gasteiger partial charge in [-0.1, -0.05) is 0 Å². The Kier molecular flexibility index (Phi) is 4.83. The molecule has 3 heterocycles. The first-order valence-corrected chi connectivity index (χ1v) is 9.87. The summed E-state index contributed by atoms with van der Waals surface area (Å²) < 4.78 is 38.1. The number of alkyl halides is 3. The maximum Gasteiger partial charge on any atom is 0.434 e. The van der Waals surface area contributed by atoms with Crippen molar-refractivity contribution in [3.05, 3.63) is 33.5 Å². The Morgan fingerprint density at radius 2 is 2.07 bits per heavy atom. The molecule has 0 unspecified atom stereocenters. The number of thiazole rings is 1. The molecule has 1 fully saturated rings. The molecule has 2 aromatic rings. The second kappa shape index (κ2) is 7.14. The first-order chi connectivity index (χ1) is 12.9. The number of carbonyl (C=O) groups is 1. The average Bonchev–Trinajstić information content (AvgIpc) is 3.30. The van der Waals surface area contributed by atoms with Crippen LogP contribution in [0.15, 0.2) is 11.6 Å². The minimum absolute atomic E-state index is 0.0163. The Labute approximate surface area is 158 Å². The molecule has 2 aromatic heterocycles. The van der Waals surface area contributed by atoms with Gasteiger partial charge in [0.1, 0.15) is 0 Å². The van der Waals surface area contributed by atoms with Crippen LogP contribution in [0.3, 0.4) is 0 Å². The molecule has 6 nitrogen and oxygen atoms in total. The third-order valence-electron chi connectivity index (χ3n) is 5.29. The van der Waals surface area contributed by atoms with Gasteiger partial charge in [-0.15, -0.1) is 11.3 Å². The topological polar surface area (TPSA) is 73.9 Å². The Hall–Kier alpha value is -2.10. The van der Waals surface area contributed by atoms with Crippen molar-refractivity contribution in [1.82, 2.24) is 25.4 Å². The highest BCUT2D eigenvalue weighted by Gasteiger charge is 2.35. The van der Waals surface area contributed by atoms with Gasteiger partial charge in [-0.05, 0) is 31.2 Å². The number of hydrogen-bond acceptors (Lipinski definition) is 4. The number of H-pyrrole nitrogens is 1. The minimum atomic E-state index is -4.40. The number of piperidine rings is 1. The lowest BCUT2D eigenvalue weighted by Crippen LogP contribution is -2.49. The van der Waals surface area contributed by atoms with Crippen LogP contribution in [-0.4, -0.2) is 45.2 Å². The van der Waals surface area contributed by atoms with Crippen LogP contribution < -0.4 is 5.32 Å². The molecule has 27 heavy (non-hydrogen) atoms. The Morgan fingerprint density at radius 3 is 2.78 bits per heavy atom. The second-order valence-electron chi connectivity index (χ2n) is 7.09. The normalized spacial score (nSPS) is 21.1. The fourth-order valence-electron chi connectivity index (χ4n) is 3.73. The van der Waals surface area contributed by atoms with Crippen molar-refractivity contribution in [2.24, 2.45) is 0 Å². The first kappa shape index (κ1) is 18.3. The van der Waals surface area contributed by atoms with E-state index in [9.17, 15) is 18.0 Å². The van der Waals surface area contributed by atoms with Gasteiger partial charge in [-0.25, -0.2) is 9.78 Å². The quantitative estimate of drug-likeness (QED) is 0.814. The standard InChI is InChI=1S/C17H20F3N5OS/c18-17(19,20)14-9-27-15(23-14)10-3-5-25(6-4-10)16(26)22-12-2-1-11-8-21-24-13(11)7-12/h8-10,12H,1-7H2,(H,21,24)(H,22,26)/t12-/m0/s1. The summed E-state index contributed by atoms with van der Waals surface area (Å²) in [4.78, 5) is 18.0. The summed E-state index contributed by atoms with van der Waals surface area (Å²) in [5, 5.41) is 11.7. The SMILES string of the molecule is O=C(N[C@H]1CCc2cn[nH]c2C1)N1CCC(c2nc(C(F)(F)F)cs2)CC1. The molecule has 0 spiro atoms. The minimum Gasteiger partial charge on any atom is -0.335 e. The van der Waals surface area contributed by atoms with Crippen LogP contribution in [0.2, 0.25) is 0 Å². The molecule has 1 aliphatic heterocycles. The van der Waals surface area contributed by atoms with E-state index in [1.165, 1.54) is 5.56 Å². The van der Waals surface area contributed by atoms with Crippen LogP contribution in [0.5, 0.6) is 0 Å². The molecule has 146 valence electrons. The van der Waals surface area contributed by atoms with E-state index in [4.69, 9.17) is 0 Å². The number of hydrogen-bond donors (Lipinski definition) is 2. The fraction of sp³-hybridized carbons (Fsp3) is 0.588. The van der Waals surface area contributed by atoms with Gasteiger partial charge >= 0.3 is 12.2 Å². The van der Waals surface area contributed by atoms with E-state index in [0.717, 1.165) is 41.7 Å². The molecule has 1 aliphatic carbocycles. The van der Waals surface area contributed by atoms with E-state index in [2.05, 4.69) is 20.5 Å². The number of carbonyl (C=O) groups excluding carboxylic acids is 1. The van der Waals surface area contributed by atoms with Gasteiger partial charge in [0.2, 0.25) is 0 Å². The number of amides is 2. The number of halogens is 3. The second-order valence-corrected chi connectivity index (χ2v) is 7.98. The van der Waals surface area contributed by atoms with Crippen molar-refractivity contribution < 1.29 is 18.0 Å². The van der Waals surface area contributed by atoms with E-state index < -0.39 is 11.9 Å². The Morgan fingerprint density at radius 1 is 1.30 bits per heavy atom. The lowest BCUT2D eigenvalue weighted by Gasteiger charge is -2.33. The zero-order chi connectivity index (χ0) is 19.0. The molecule has 2 amide bonds. The monoisotopic (exact) mass is 399 g/mol. The molecule has 0 aromatic carbocycles. The van der Waals surface area contributed by atoms with Crippen molar-refractivity contribution in [2.45, 2.75) is 50.2 Å². The van der Waals surface area contributed by atoms with Gasteiger partial charge < -0.3 is 10.2 Å². The molecule has 0 saturated carbocycles. The highest BCUT2D eigenvalue weighted by molar-refractivity contribution is 7.09. The summed E-state index contributed by atoms with van der Waals surface area (Å²) in [5.74, 6) is -0.0163. The van der Waals surface area contributed by atoms with E-state index in [1.54, 1.807) is 4.90 Å². The number of aromatic amines is 1. The molecule has 2 aliphatic rings. The number of nitrogens with zero attached hydrogens (tertiary/aromatic N) is 3. The van der Waals surface area contributed by atoms with Crippen LogP contribution in [0.4, 0.5) is 18.0 Å². The van der Waals surface area contributed by atoms with Crippen molar-refractivity contribution >= 4 is 17.4 Å². The van der Waals surface area contributed by atoms with E-state index >= 15 is 0 Å². The number of fused-ring (bicyclic) bond motifs is 1.